The Morgan fingerprint density at radius 2 is 1.86 bits per heavy atom. The lowest BCUT2D eigenvalue weighted by atomic mass is 9.86. The standard InChI is InChI=1S/C22H24BrClN2O2.ClH/c1-28-20-4-2-3-19(21(20)23)22(27)26-12-11-25-13-16(7-10-18(25)14-26)15-5-8-17(24)9-6-15;/h2-6,8-9,16,18H,7,10-14H2,1H3;1H/t16-,18+;/m0./s1. The zero-order chi connectivity index (χ0) is 19.7. The molecule has 0 saturated carbocycles. The third kappa shape index (κ3) is 4.74. The number of carbonyl (C=O) groups is 1. The lowest BCUT2D eigenvalue weighted by Crippen LogP contribution is -2.57. The van der Waals surface area contributed by atoms with Crippen LogP contribution >= 0.6 is 39.9 Å². The zero-order valence-corrected chi connectivity index (χ0v) is 19.5. The van der Waals surface area contributed by atoms with Gasteiger partial charge in [-0.15, -0.1) is 12.4 Å². The van der Waals surface area contributed by atoms with Gasteiger partial charge in [-0.05, 0) is 64.5 Å². The van der Waals surface area contributed by atoms with Gasteiger partial charge in [-0.25, -0.2) is 0 Å². The van der Waals surface area contributed by atoms with Crippen LogP contribution < -0.4 is 4.74 Å². The Hall–Kier alpha value is -1.27. The second kappa shape index (κ2) is 9.69. The molecule has 0 spiro atoms. The van der Waals surface area contributed by atoms with Gasteiger partial charge < -0.3 is 9.64 Å². The first-order valence-corrected chi connectivity index (χ1v) is 10.8. The molecule has 2 aliphatic heterocycles. The number of piperazine rings is 1. The van der Waals surface area contributed by atoms with Crippen LogP contribution in [0.4, 0.5) is 0 Å². The maximum absolute atomic E-state index is 13.1. The number of carbonyl (C=O) groups excluding carboxylic acids is 1. The highest BCUT2D eigenvalue weighted by atomic mass is 79.9. The summed E-state index contributed by atoms with van der Waals surface area (Å²) in [5.74, 6) is 1.31. The number of nitrogens with zero attached hydrogens (tertiary/aromatic N) is 2. The molecule has 4 rings (SSSR count). The highest BCUT2D eigenvalue weighted by Crippen LogP contribution is 2.34. The van der Waals surface area contributed by atoms with Gasteiger partial charge in [0.2, 0.25) is 0 Å². The summed E-state index contributed by atoms with van der Waals surface area (Å²) < 4.78 is 6.07. The van der Waals surface area contributed by atoms with Crippen LogP contribution in [0.3, 0.4) is 0 Å². The smallest absolute Gasteiger partial charge is 0.255 e. The summed E-state index contributed by atoms with van der Waals surface area (Å²) in [6.45, 7) is 3.52. The van der Waals surface area contributed by atoms with E-state index in [4.69, 9.17) is 16.3 Å². The summed E-state index contributed by atoms with van der Waals surface area (Å²) >= 11 is 9.55. The van der Waals surface area contributed by atoms with E-state index in [-0.39, 0.29) is 18.3 Å². The van der Waals surface area contributed by atoms with E-state index in [0.29, 0.717) is 23.3 Å². The van der Waals surface area contributed by atoms with Crippen LogP contribution in [0.25, 0.3) is 0 Å². The maximum atomic E-state index is 13.1. The van der Waals surface area contributed by atoms with Gasteiger partial charge in [-0.3, -0.25) is 9.69 Å². The van der Waals surface area contributed by atoms with Crippen molar-refractivity contribution in [2.45, 2.75) is 24.8 Å². The van der Waals surface area contributed by atoms with Crippen LogP contribution in [-0.2, 0) is 0 Å². The highest BCUT2D eigenvalue weighted by Gasteiger charge is 2.35. The van der Waals surface area contributed by atoms with E-state index in [1.165, 1.54) is 5.56 Å². The predicted octanol–water partition coefficient (Wildman–Crippen LogP) is 5.24. The molecule has 2 atom stereocenters. The molecule has 0 unspecified atom stereocenters. The molecule has 0 aliphatic carbocycles. The number of benzene rings is 2. The first-order chi connectivity index (χ1) is 13.6. The molecule has 7 heteroatoms. The number of methoxy groups -OCH3 is 1. The molecule has 0 N–H and O–H groups in total. The van der Waals surface area contributed by atoms with Crippen molar-refractivity contribution >= 4 is 45.8 Å². The van der Waals surface area contributed by atoms with E-state index in [0.717, 1.165) is 48.5 Å². The van der Waals surface area contributed by atoms with E-state index in [9.17, 15) is 4.79 Å². The van der Waals surface area contributed by atoms with Gasteiger partial charge in [0, 0.05) is 37.2 Å². The number of ether oxygens (including phenoxy) is 1. The van der Waals surface area contributed by atoms with Crippen LogP contribution in [-0.4, -0.2) is 55.0 Å². The molecule has 156 valence electrons. The SMILES string of the molecule is COc1cccc(C(=O)N2CCN3C[C@@H](c4ccc(Cl)cc4)CC[C@@H]3C2)c1Br.Cl. The molecule has 2 saturated heterocycles. The van der Waals surface area contributed by atoms with E-state index in [1.807, 2.05) is 35.2 Å². The second-order valence-electron chi connectivity index (χ2n) is 7.55. The summed E-state index contributed by atoms with van der Waals surface area (Å²) in [5, 5.41) is 0.785. The average Bonchev–Trinajstić information content (AvgIpc) is 2.73. The topological polar surface area (TPSA) is 32.8 Å². The van der Waals surface area contributed by atoms with Crippen LogP contribution in [0, 0.1) is 0 Å². The molecule has 1 amide bonds. The minimum absolute atomic E-state index is 0. The Bertz CT molecular complexity index is 862. The monoisotopic (exact) mass is 498 g/mol. The molecule has 0 bridgehead atoms. The molecule has 0 aromatic heterocycles. The number of piperidine rings is 1. The van der Waals surface area contributed by atoms with Gasteiger partial charge in [-0.1, -0.05) is 29.8 Å². The highest BCUT2D eigenvalue weighted by molar-refractivity contribution is 9.10. The van der Waals surface area contributed by atoms with Gasteiger partial charge >= 0.3 is 0 Å². The molecule has 0 radical (unpaired) electrons. The van der Waals surface area contributed by atoms with Gasteiger partial charge in [0.1, 0.15) is 5.75 Å². The van der Waals surface area contributed by atoms with Crippen molar-refractivity contribution in [3.63, 3.8) is 0 Å². The van der Waals surface area contributed by atoms with Crippen LogP contribution in [0.5, 0.6) is 5.75 Å². The molecule has 2 fully saturated rings. The number of halogens is 3. The van der Waals surface area contributed by atoms with Crippen molar-refractivity contribution in [2.75, 3.05) is 33.3 Å². The van der Waals surface area contributed by atoms with E-state index < -0.39 is 0 Å². The predicted molar refractivity (Wildman–Crippen MR) is 123 cm³/mol. The first-order valence-electron chi connectivity index (χ1n) is 9.68. The number of hydrogen-bond acceptors (Lipinski definition) is 3. The Labute approximate surface area is 191 Å². The van der Waals surface area contributed by atoms with Gasteiger partial charge in [0.05, 0.1) is 17.1 Å². The van der Waals surface area contributed by atoms with Gasteiger partial charge in [-0.2, -0.15) is 0 Å². The molecule has 29 heavy (non-hydrogen) atoms. The molecule has 2 heterocycles. The lowest BCUT2D eigenvalue weighted by Gasteiger charge is -2.46. The molecule has 4 nitrogen and oxygen atoms in total. The van der Waals surface area contributed by atoms with Crippen molar-refractivity contribution in [3.05, 3.63) is 63.1 Å². The third-order valence-corrected chi connectivity index (χ3v) is 7.02. The van der Waals surface area contributed by atoms with E-state index in [1.54, 1.807) is 7.11 Å². The molecule has 2 aromatic carbocycles. The normalized spacial score (nSPS) is 21.8. The first kappa shape index (κ1) is 22.4. The molecule has 2 aromatic rings. The number of amides is 1. The number of rotatable bonds is 3. The fraction of sp³-hybridized carbons (Fsp3) is 0.409. The van der Waals surface area contributed by atoms with Crippen molar-refractivity contribution < 1.29 is 9.53 Å². The fourth-order valence-electron chi connectivity index (χ4n) is 4.37. The maximum Gasteiger partial charge on any atom is 0.255 e. The van der Waals surface area contributed by atoms with Gasteiger partial charge in [0.15, 0.2) is 0 Å². The summed E-state index contributed by atoms with van der Waals surface area (Å²) in [4.78, 5) is 17.6. The third-order valence-electron chi connectivity index (χ3n) is 5.95. The fourth-order valence-corrected chi connectivity index (χ4v) is 5.09. The van der Waals surface area contributed by atoms with Crippen LogP contribution in [0.1, 0.15) is 34.7 Å². The minimum Gasteiger partial charge on any atom is -0.496 e. The summed E-state index contributed by atoms with van der Waals surface area (Å²) in [6, 6.07) is 14.3. The van der Waals surface area contributed by atoms with Crippen molar-refractivity contribution in [3.8, 4) is 5.75 Å². The second-order valence-corrected chi connectivity index (χ2v) is 8.78. The van der Waals surface area contributed by atoms with E-state index >= 15 is 0 Å². The minimum atomic E-state index is 0. The Morgan fingerprint density at radius 3 is 2.59 bits per heavy atom. The molecular formula is C22H25BrCl2N2O2. The average molecular weight is 500 g/mol. The van der Waals surface area contributed by atoms with Crippen LogP contribution in [0.2, 0.25) is 5.02 Å². The largest absolute Gasteiger partial charge is 0.496 e. The van der Waals surface area contributed by atoms with E-state index in [2.05, 4.69) is 33.0 Å². The van der Waals surface area contributed by atoms with Crippen LogP contribution in [0.15, 0.2) is 46.9 Å². The van der Waals surface area contributed by atoms with Crippen molar-refractivity contribution in [1.29, 1.82) is 0 Å². The summed E-state index contributed by atoms with van der Waals surface area (Å²) in [6.07, 6.45) is 2.25. The number of hydrogen-bond donors (Lipinski definition) is 0. The van der Waals surface area contributed by atoms with Crippen molar-refractivity contribution in [1.82, 2.24) is 9.80 Å². The van der Waals surface area contributed by atoms with Crippen molar-refractivity contribution in [2.24, 2.45) is 0 Å². The Balaban J connectivity index is 0.00000240. The lowest BCUT2D eigenvalue weighted by molar-refractivity contribution is 0.0328. The quantitative estimate of drug-likeness (QED) is 0.579. The summed E-state index contributed by atoms with van der Waals surface area (Å²) in [5.41, 5.74) is 2.03. The molecule has 2 aliphatic rings. The van der Waals surface area contributed by atoms with Gasteiger partial charge in [0.25, 0.3) is 5.91 Å². The zero-order valence-electron chi connectivity index (χ0n) is 16.3. The number of fused-ring (bicyclic) bond motifs is 1. The Morgan fingerprint density at radius 1 is 1.10 bits per heavy atom. The Kier molecular flexibility index (Phi) is 7.49. The molecular weight excluding hydrogens is 475 g/mol. The summed E-state index contributed by atoms with van der Waals surface area (Å²) in [7, 11) is 1.62.